The molecule has 0 aromatic carbocycles. The molecule has 0 radical (unpaired) electrons. The molecule has 3 unspecified atom stereocenters. The lowest BCUT2D eigenvalue weighted by Crippen LogP contribution is -2.57. The molecule has 0 aromatic rings. The summed E-state index contributed by atoms with van der Waals surface area (Å²) in [4.78, 5) is 5.07. The smallest absolute Gasteiger partial charge is 0.0335 e. The van der Waals surface area contributed by atoms with Crippen LogP contribution >= 0.6 is 0 Å². The molecule has 0 aromatic heterocycles. The van der Waals surface area contributed by atoms with E-state index >= 15 is 0 Å². The van der Waals surface area contributed by atoms with Crippen LogP contribution in [-0.4, -0.2) is 55.1 Å². The average molecular weight is 269 g/mol. The summed E-state index contributed by atoms with van der Waals surface area (Å²) in [6.45, 7) is 10.2. The highest BCUT2D eigenvalue weighted by Crippen LogP contribution is 2.34. The van der Waals surface area contributed by atoms with Crippen LogP contribution in [0.15, 0.2) is 0 Å². The fourth-order valence-electron chi connectivity index (χ4n) is 3.67. The van der Waals surface area contributed by atoms with E-state index in [0.29, 0.717) is 6.04 Å². The lowest BCUT2D eigenvalue weighted by molar-refractivity contribution is 0.0444. The zero-order valence-corrected chi connectivity index (χ0v) is 13.8. The Hall–Kier alpha value is -0.120. The minimum atomic E-state index is 0.229. The molecule has 0 spiro atoms. The third-order valence-corrected chi connectivity index (χ3v) is 5.03. The van der Waals surface area contributed by atoms with Crippen molar-refractivity contribution in [3.8, 4) is 0 Å². The number of nitrogens with zero attached hydrogens (tertiary/aromatic N) is 2. The van der Waals surface area contributed by atoms with E-state index in [9.17, 15) is 0 Å². The normalized spacial score (nSPS) is 25.7. The lowest BCUT2D eigenvalue weighted by Gasteiger charge is -2.46. The summed E-state index contributed by atoms with van der Waals surface area (Å²) >= 11 is 0. The topological polar surface area (TPSA) is 32.5 Å². The molecule has 0 amide bonds. The Kier molecular flexibility index (Phi) is 6.78. The van der Waals surface area contributed by atoms with Crippen molar-refractivity contribution in [3.05, 3.63) is 0 Å². The van der Waals surface area contributed by atoms with E-state index in [1.165, 1.54) is 45.2 Å². The summed E-state index contributed by atoms with van der Waals surface area (Å²) in [5, 5.41) is 0. The molecule has 0 aliphatic carbocycles. The molecule has 2 N–H and O–H groups in total. The maximum Gasteiger partial charge on any atom is 0.0335 e. The van der Waals surface area contributed by atoms with Crippen molar-refractivity contribution in [2.45, 2.75) is 64.5 Å². The number of hydrogen-bond donors (Lipinski definition) is 1. The fraction of sp³-hybridized carbons (Fsp3) is 1.00. The van der Waals surface area contributed by atoms with Gasteiger partial charge in [0.25, 0.3) is 0 Å². The zero-order valence-electron chi connectivity index (χ0n) is 13.8. The SMILES string of the molecule is CCC(C)CC(CC)(CN)N1CCCC1CN(C)C. The summed E-state index contributed by atoms with van der Waals surface area (Å²) in [6.07, 6.45) is 6.35. The first-order chi connectivity index (χ1) is 8.99. The summed E-state index contributed by atoms with van der Waals surface area (Å²) < 4.78 is 0. The van der Waals surface area contributed by atoms with E-state index in [1.54, 1.807) is 0 Å². The number of likely N-dealkylation sites (N-methyl/N-ethyl adjacent to an activating group) is 1. The standard InChI is InChI=1S/C16H35N3/c1-6-14(3)11-16(7-2,13-17)19-10-8-9-15(19)12-18(4)5/h14-15H,6-13,17H2,1-5H3. The van der Waals surface area contributed by atoms with Crippen LogP contribution in [0.2, 0.25) is 0 Å². The first-order valence-corrected chi connectivity index (χ1v) is 8.10. The molecule has 114 valence electrons. The Morgan fingerprint density at radius 3 is 2.53 bits per heavy atom. The van der Waals surface area contributed by atoms with Crippen LogP contribution in [0.3, 0.4) is 0 Å². The quantitative estimate of drug-likeness (QED) is 0.735. The maximum absolute atomic E-state index is 6.24. The van der Waals surface area contributed by atoms with Crippen molar-refractivity contribution in [1.29, 1.82) is 0 Å². The van der Waals surface area contributed by atoms with E-state index in [-0.39, 0.29) is 5.54 Å². The van der Waals surface area contributed by atoms with Crippen LogP contribution in [0.4, 0.5) is 0 Å². The molecule has 1 fully saturated rings. The van der Waals surface area contributed by atoms with Gasteiger partial charge in [0.2, 0.25) is 0 Å². The van der Waals surface area contributed by atoms with E-state index in [4.69, 9.17) is 5.73 Å². The van der Waals surface area contributed by atoms with Crippen LogP contribution in [0, 0.1) is 5.92 Å². The summed E-state index contributed by atoms with van der Waals surface area (Å²) in [7, 11) is 4.36. The van der Waals surface area contributed by atoms with E-state index < -0.39 is 0 Å². The average Bonchev–Trinajstić information content (AvgIpc) is 2.83. The molecule has 1 rings (SSSR count). The maximum atomic E-state index is 6.24. The Labute approximate surface area is 120 Å². The predicted molar refractivity (Wildman–Crippen MR) is 84.4 cm³/mol. The Balaban J connectivity index is 2.83. The molecule has 3 atom stereocenters. The van der Waals surface area contributed by atoms with E-state index in [1.807, 2.05) is 0 Å². The van der Waals surface area contributed by atoms with Crippen molar-refractivity contribution in [2.24, 2.45) is 11.7 Å². The van der Waals surface area contributed by atoms with Crippen molar-refractivity contribution in [2.75, 3.05) is 33.7 Å². The van der Waals surface area contributed by atoms with E-state index in [2.05, 4.69) is 44.7 Å². The van der Waals surface area contributed by atoms with Gasteiger partial charge in [-0.2, -0.15) is 0 Å². The van der Waals surface area contributed by atoms with Crippen molar-refractivity contribution in [3.63, 3.8) is 0 Å². The van der Waals surface area contributed by atoms with Gasteiger partial charge >= 0.3 is 0 Å². The van der Waals surface area contributed by atoms with Crippen molar-refractivity contribution < 1.29 is 0 Å². The number of rotatable bonds is 8. The molecular formula is C16H35N3. The van der Waals surface area contributed by atoms with Crippen LogP contribution in [0.25, 0.3) is 0 Å². The first kappa shape index (κ1) is 16.9. The molecule has 3 heteroatoms. The summed E-state index contributed by atoms with van der Waals surface area (Å²) in [6, 6.07) is 0.697. The number of hydrogen-bond acceptors (Lipinski definition) is 3. The molecule has 1 saturated heterocycles. The van der Waals surface area contributed by atoms with Crippen molar-refractivity contribution in [1.82, 2.24) is 9.80 Å². The highest BCUT2D eigenvalue weighted by Gasteiger charge is 2.41. The zero-order chi connectivity index (χ0) is 14.5. The molecular weight excluding hydrogens is 234 g/mol. The van der Waals surface area contributed by atoms with Gasteiger partial charge < -0.3 is 10.6 Å². The predicted octanol–water partition coefficient (Wildman–Crippen LogP) is 2.56. The third-order valence-electron chi connectivity index (χ3n) is 5.03. The van der Waals surface area contributed by atoms with Crippen LogP contribution in [-0.2, 0) is 0 Å². The van der Waals surface area contributed by atoms with Gasteiger partial charge in [0.05, 0.1) is 0 Å². The van der Waals surface area contributed by atoms with Crippen molar-refractivity contribution >= 4 is 0 Å². The molecule has 3 nitrogen and oxygen atoms in total. The van der Waals surface area contributed by atoms with Crippen LogP contribution in [0.5, 0.6) is 0 Å². The molecule has 1 aliphatic heterocycles. The van der Waals surface area contributed by atoms with Gasteiger partial charge in [0, 0.05) is 24.7 Å². The Bertz CT molecular complexity index is 248. The first-order valence-electron chi connectivity index (χ1n) is 8.10. The third kappa shape index (κ3) is 4.17. The van der Waals surface area contributed by atoms with Gasteiger partial charge in [0.1, 0.15) is 0 Å². The highest BCUT2D eigenvalue weighted by molar-refractivity contribution is 4.98. The van der Waals surface area contributed by atoms with Crippen LogP contribution < -0.4 is 5.73 Å². The van der Waals surface area contributed by atoms with Gasteiger partial charge in [-0.15, -0.1) is 0 Å². The minimum absolute atomic E-state index is 0.229. The second-order valence-electron chi connectivity index (χ2n) is 6.75. The second-order valence-corrected chi connectivity index (χ2v) is 6.75. The van der Waals surface area contributed by atoms with Gasteiger partial charge in [-0.1, -0.05) is 27.2 Å². The Morgan fingerprint density at radius 2 is 2.05 bits per heavy atom. The molecule has 19 heavy (non-hydrogen) atoms. The highest BCUT2D eigenvalue weighted by atomic mass is 15.3. The van der Waals surface area contributed by atoms with Gasteiger partial charge in [-0.25, -0.2) is 0 Å². The molecule has 1 aliphatic rings. The molecule has 0 bridgehead atoms. The summed E-state index contributed by atoms with van der Waals surface area (Å²) in [5.41, 5.74) is 6.47. The second kappa shape index (κ2) is 7.61. The van der Waals surface area contributed by atoms with Gasteiger partial charge in [-0.05, 0) is 52.2 Å². The largest absolute Gasteiger partial charge is 0.329 e. The molecule has 0 saturated carbocycles. The molecule has 1 heterocycles. The lowest BCUT2D eigenvalue weighted by atomic mass is 9.82. The number of likely N-dealkylation sites (tertiary alicyclic amines) is 1. The van der Waals surface area contributed by atoms with Crippen LogP contribution in [0.1, 0.15) is 52.9 Å². The Morgan fingerprint density at radius 1 is 1.37 bits per heavy atom. The summed E-state index contributed by atoms with van der Waals surface area (Å²) in [5.74, 6) is 0.768. The van der Waals surface area contributed by atoms with Gasteiger partial charge in [-0.3, -0.25) is 4.90 Å². The minimum Gasteiger partial charge on any atom is -0.329 e. The fourth-order valence-corrected chi connectivity index (χ4v) is 3.67. The number of nitrogens with two attached hydrogens (primary N) is 1. The monoisotopic (exact) mass is 269 g/mol. The van der Waals surface area contributed by atoms with Gasteiger partial charge in [0.15, 0.2) is 0 Å². The van der Waals surface area contributed by atoms with E-state index in [0.717, 1.165) is 12.5 Å².